The molecule has 108 valence electrons. The molecule has 0 saturated heterocycles. The van der Waals surface area contributed by atoms with Crippen LogP contribution in [0.2, 0.25) is 0 Å². The van der Waals surface area contributed by atoms with E-state index in [4.69, 9.17) is 0 Å². The predicted molar refractivity (Wildman–Crippen MR) is 85.2 cm³/mol. The van der Waals surface area contributed by atoms with Crippen LogP contribution in [0.3, 0.4) is 0 Å². The van der Waals surface area contributed by atoms with Gasteiger partial charge in [-0.05, 0) is 36.0 Å². The molecule has 1 unspecified atom stereocenters. The van der Waals surface area contributed by atoms with Gasteiger partial charge in [-0.15, -0.1) is 0 Å². The van der Waals surface area contributed by atoms with Crippen LogP contribution < -0.4 is 5.32 Å². The van der Waals surface area contributed by atoms with Crippen molar-refractivity contribution in [1.82, 2.24) is 4.90 Å². The van der Waals surface area contributed by atoms with Crippen LogP contribution in [0.25, 0.3) is 0 Å². The topological polar surface area (TPSA) is 32.3 Å². The van der Waals surface area contributed by atoms with Crippen molar-refractivity contribution < 1.29 is 4.79 Å². The average Bonchev–Trinajstić information content (AvgIpc) is 2.48. The summed E-state index contributed by atoms with van der Waals surface area (Å²) in [5.41, 5.74) is 3.52. The number of rotatable bonds is 2. The second-order valence-corrected chi connectivity index (χ2v) is 6.99. The summed E-state index contributed by atoms with van der Waals surface area (Å²) >= 11 is 3.90. The lowest BCUT2D eigenvalue weighted by molar-refractivity contribution is 0.218. The monoisotopic (exact) mass is 336 g/mol. The van der Waals surface area contributed by atoms with Crippen molar-refractivity contribution in [3.8, 4) is 0 Å². The maximum Gasteiger partial charge on any atom is 0.321 e. The maximum absolute atomic E-state index is 11.6. The van der Waals surface area contributed by atoms with Crippen LogP contribution >= 0.6 is 15.9 Å². The number of hydrogen-bond acceptors (Lipinski definition) is 1. The zero-order valence-corrected chi connectivity index (χ0v) is 13.4. The van der Waals surface area contributed by atoms with Crippen molar-refractivity contribution in [2.45, 2.75) is 43.5 Å². The van der Waals surface area contributed by atoms with E-state index in [9.17, 15) is 4.79 Å². The number of alkyl halides is 1. The molecule has 0 radical (unpaired) electrons. The van der Waals surface area contributed by atoms with E-state index in [0.29, 0.717) is 11.4 Å². The van der Waals surface area contributed by atoms with Gasteiger partial charge in [0.2, 0.25) is 0 Å². The molecule has 1 aliphatic heterocycles. The average molecular weight is 337 g/mol. The van der Waals surface area contributed by atoms with Gasteiger partial charge in [-0.25, -0.2) is 4.79 Å². The summed E-state index contributed by atoms with van der Waals surface area (Å²) in [6.45, 7) is 0.694. The minimum Gasteiger partial charge on any atom is -0.323 e. The zero-order chi connectivity index (χ0) is 14.1. The minimum atomic E-state index is -0.0204. The lowest BCUT2D eigenvalue weighted by atomic mass is 9.84. The van der Waals surface area contributed by atoms with Crippen LogP contribution in [-0.4, -0.2) is 18.0 Å². The van der Waals surface area contributed by atoms with E-state index < -0.39 is 0 Å². The number of nitrogens with one attached hydrogen (secondary N) is 1. The fraction of sp³-hybridized carbons (Fsp3) is 0.562. The van der Waals surface area contributed by atoms with Gasteiger partial charge in [0.25, 0.3) is 0 Å². The fourth-order valence-electron chi connectivity index (χ4n) is 3.27. The number of urea groups is 1. The van der Waals surface area contributed by atoms with Crippen molar-refractivity contribution in [3.63, 3.8) is 0 Å². The predicted octanol–water partition coefficient (Wildman–Crippen LogP) is 4.68. The molecule has 20 heavy (non-hydrogen) atoms. The first-order valence-corrected chi connectivity index (χ1v) is 8.36. The van der Waals surface area contributed by atoms with E-state index in [-0.39, 0.29) is 6.03 Å². The maximum atomic E-state index is 11.6. The van der Waals surface area contributed by atoms with Crippen LogP contribution in [0.5, 0.6) is 0 Å². The first kappa shape index (κ1) is 13.9. The highest BCUT2D eigenvalue weighted by atomic mass is 79.9. The van der Waals surface area contributed by atoms with Crippen molar-refractivity contribution in [2.75, 3.05) is 12.4 Å². The molecule has 0 bridgehead atoms. The summed E-state index contributed by atoms with van der Waals surface area (Å²) in [4.78, 5) is 13.8. The summed E-state index contributed by atoms with van der Waals surface area (Å²) in [6, 6.07) is 6.43. The van der Waals surface area contributed by atoms with Crippen molar-refractivity contribution in [3.05, 3.63) is 29.3 Å². The SMILES string of the molecule is CN1Cc2cc(C(Br)C3CCCCC3)ccc2NC1=O. The Labute approximate surface area is 128 Å². The molecule has 0 spiro atoms. The largest absolute Gasteiger partial charge is 0.323 e. The highest BCUT2D eigenvalue weighted by Crippen LogP contribution is 2.41. The van der Waals surface area contributed by atoms with Gasteiger partial charge in [-0.2, -0.15) is 0 Å². The summed E-state index contributed by atoms with van der Waals surface area (Å²) in [5.74, 6) is 0.748. The highest BCUT2D eigenvalue weighted by Gasteiger charge is 2.25. The van der Waals surface area contributed by atoms with Crippen molar-refractivity contribution in [2.24, 2.45) is 5.92 Å². The molecule has 1 aliphatic carbocycles. The van der Waals surface area contributed by atoms with E-state index in [0.717, 1.165) is 11.6 Å². The second-order valence-electron chi connectivity index (χ2n) is 6.00. The molecular formula is C16H21BrN2O. The minimum absolute atomic E-state index is 0.0204. The molecule has 1 aromatic rings. The van der Waals surface area contributed by atoms with Crippen molar-refractivity contribution in [1.29, 1.82) is 0 Å². The molecule has 1 N–H and O–H groups in total. The third kappa shape index (κ3) is 2.71. The Morgan fingerprint density at radius 1 is 1.30 bits per heavy atom. The number of benzene rings is 1. The summed E-state index contributed by atoms with van der Waals surface area (Å²) in [7, 11) is 1.83. The second kappa shape index (κ2) is 5.76. The lowest BCUT2D eigenvalue weighted by Crippen LogP contribution is -2.35. The van der Waals surface area contributed by atoms with Crippen LogP contribution in [0.4, 0.5) is 10.5 Å². The number of carbonyl (C=O) groups is 1. The van der Waals surface area contributed by atoms with Gasteiger partial charge >= 0.3 is 6.03 Å². The molecule has 4 heteroatoms. The Bertz CT molecular complexity index is 511. The smallest absolute Gasteiger partial charge is 0.321 e. The third-order valence-corrected chi connectivity index (χ3v) is 5.78. The number of halogens is 1. The highest BCUT2D eigenvalue weighted by molar-refractivity contribution is 9.09. The molecular weight excluding hydrogens is 316 g/mol. The number of carbonyl (C=O) groups excluding carboxylic acids is 1. The van der Waals surface area contributed by atoms with Gasteiger partial charge in [0, 0.05) is 24.1 Å². The molecule has 2 amide bonds. The molecule has 1 saturated carbocycles. The number of anilines is 1. The Morgan fingerprint density at radius 2 is 2.05 bits per heavy atom. The number of fused-ring (bicyclic) bond motifs is 1. The summed E-state index contributed by atoms with van der Waals surface area (Å²) in [5, 5.41) is 2.93. The van der Waals surface area contributed by atoms with Crippen LogP contribution in [-0.2, 0) is 6.54 Å². The molecule has 1 aromatic carbocycles. The van der Waals surface area contributed by atoms with Gasteiger partial charge in [-0.3, -0.25) is 0 Å². The van der Waals surface area contributed by atoms with Crippen LogP contribution in [0, 0.1) is 5.92 Å². The zero-order valence-electron chi connectivity index (χ0n) is 11.9. The number of nitrogens with zero attached hydrogens (tertiary/aromatic N) is 1. The molecule has 3 rings (SSSR count). The van der Waals surface area contributed by atoms with E-state index in [1.165, 1.54) is 43.2 Å². The van der Waals surface area contributed by atoms with Gasteiger partial charge in [0.05, 0.1) is 0 Å². The summed E-state index contributed by atoms with van der Waals surface area (Å²) < 4.78 is 0. The van der Waals surface area contributed by atoms with E-state index in [2.05, 4.69) is 33.4 Å². The quantitative estimate of drug-likeness (QED) is 0.781. The Morgan fingerprint density at radius 3 is 2.80 bits per heavy atom. The first-order chi connectivity index (χ1) is 9.65. The lowest BCUT2D eigenvalue weighted by Gasteiger charge is -2.29. The van der Waals surface area contributed by atoms with Crippen molar-refractivity contribution >= 4 is 27.6 Å². The standard InChI is InChI=1S/C16H21BrN2O/c1-19-10-13-9-12(7-8-14(13)18-16(19)20)15(17)11-5-3-2-4-6-11/h7-9,11,15H,2-6,10H2,1H3,(H,18,20). The molecule has 2 aliphatic rings. The number of hydrogen-bond donors (Lipinski definition) is 1. The number of amides is 2. The van der Waals surface area contributed by atoms with Crippen LogP contribution in [0.15, 0.2) is 18.2 Å². The molecule has 1 fully saturated rings. The molecule has 0 aromatic heterocycles. The van der Waals surface area contributed by atoms with E-state index in [1.807, 2.05) is 13.1 Å². The van der Waals surface area contributed by atoms with Gasteiger partial charge in [0.1, 0.15) is 0 Å². The molecule has 1 heterocycles. The third-order valence-electron chi connectivity index (χ3n) is 4.51. The van der Waals surface area contributed by atoms with Gasteiger partial charge in [-0.1, -0.05) is 47.3 Å². The van der Waals surface area contributed by atoms with E-state index >= 15 is 0 Å². The first-order valence-electron chi connectivity index (χ1n) is 7.44. The fourth-order valence-corrected chi connectivity index (χ4v) is 4.09. The van der Waals surface area contributed by atoms with E-state index in [1.54, 1.807) is 4.90 Å². The van der Waals surface area contributed by atoms with Gasteiger partial charge < -0.3 is 10.2 Å². The van der Waals surface area contributed by atoms with Crippen LogP contribution in [0.1, 0.15) is 48.1 Å². The van der Waals surface area contributed by atoms with Gasteiger partial charge in [0.15, 0.2) is 0 Å². The Kier molecular flexibility index (Phi) is 4.01. The molecule has 1 atom stereocenters. The summed E-state index contributed by atoms with van der Waals surface area (Å²) in [6.07, 6.45) is 6.75. The normalized spacial score (nSPS) is 21.3. The Balaban J connectivity index is 1.81. The molecule has 3 nitrogen and oxygen atoms in total. The Hall–Kier alpha value is -1.03.